The Hall–Kier alpha value is -1.11. The molecule has 100 valence electrons. The van der Waals surface area contributed by atoms with Crippen LogP contribution in [0.25, 0.3) is 0 Å². The van der Waals surface area contributed by atoms with E-state index in [4.69, 9.17) is 11.6 Å². The molecule has 2 aromatic rings. The van der Waals surface area contributed by atoms with Gasteiger partial charge >= 0.3 is 0 Å². The quantitative estimate of drug-likeness (QED) is 0.882. The lowest BCUT2D eigenvalue weighted by Gasteiger charge is -2.07. The third-order valence-electron chi connectivity index (χ3n) is 2.59. The van der Waals surface area contributed by atoms with E-state index in [2.05, 4.69) is 25.6 Å². The van der Waals surface area contributed by atoms with Crippen LogP contribution in [0.1, 0.15) is 20.8 Å². The van der Waals surface area contributed by atoms with Crippen molar-refractivity contribution in [2.75, 3.05) is 0 Å². The Morgan fingerprint density at radius 1 is 1.53 bits per heavy atom. The van der Waals surface area contributed by atoms with Crippen molar-refractivity contribution < 1.29 is 4.79 Å². The monoisotopic (exact) mass is 360 g/mol. The molecule has 2 rings (SSSR count). The summed E-state index contributed by atoms with van der Waals surface area (Å²) < 4.78 is 3.41. The minimum atomic E-state index is -0.434. The number of aromatic nitrogens is 1. The lowest BCUT2D eigenvalue weighted by atomic mass is 10.1. The summed E-state index contributed by atoms with van der Waals surface area (Å²) in [5.74, 6) is -0.351. The largest absolute Gasteiger partial charge is 0.347 e. The molecule has 19 heavy (non-hydrogen) atoms. The lowest BCUT2D eigenvalue weighted by Crippen LogP contribution is -2.23. The molecule has 4 nitrogen and oxygen atoms in total. The number of rotatable bonds is 3. The van der Waals surface area contributed by atoms with Gasteiger partial charge in [0.05, 0.1) is 0 Å². The van der Waals surface area contributed by atoms with Crippen molar-refractivity contribution in [1.82, 2.24) is 9.69 Å². The summed E-state index contributed by atoms with van der Waals surface area (Å²) in [6.45, 7) is 2.36. The summed E-state index contributed by atoms with van der Waals surface area (Å²) in [6.07, 6.45) is 0. The third kappa shape index (κ3) is 3.26. The summed E-state index contributed by atoms with van der Waals surface area (Å²) in [7, 11) is 0. The van der Waals surface area contributed by atoms with Gasteiger partial charge in [0.1, 0.15) is 9.90 Å². The molecule has 0 unspecified atom stereocenters. The number of H-pyrrole nitrogens is 1. The minimum absolute atomic E-state index is 0.0602. The summed E-state index contributed by atoms with van der Waals surface area (Å²) in [5, 5.41) is 2.68. The molecular weight excluding hydrogens is 352 g/mol. The van der Waals surface area contributed by atoms with Gasteiger partial charge in [0.15, 0.2) is 0 Å². The molecule has 2 N–H and O–H groups in total. The van der Waals surface area contributed by atoms with Crippen LogP contribution in [0.5, 0.6) is 0 Å². The van der Waals surface area contributed by atoms with E-state index in [0.29, 0.717) is 6.54 Å². The minimum Gasteiger partial charge on any atom is -0.347 e. The highest BCUT2D eigenvalue weighted by Gasteiger charge is 2.15. The van der Waals surface area contributed by atoms with E-state index >= 15 is 0 Å². The second kappa shape index (κ2) is 5.90. The fraction of sp³-hybridized carbons (Fsp3) is 0.167. The van der Waals surface area contributed by atoms with Gasteiger partial charge in [-0.2, -0.15) is 0 Å². The van der Waals surface area contributed by atoms with Crippen LogP contribution in [0.15, 0.2) is 27.5 Å². The first-order valence-electron chi connectivity index (χ1n) is 5.39. The van der Waals surface area contributed by atoms with E-state index in [9.17, 15) is 9.59 Å². The molecule has 0 fully saturated rings. The molecule has 1 aromatic heterocycles. The number of halogens is 2. The molecule has 0 spiro atoms. The number of nitrogens with one attached hydrogen (secondary N) is 2. The van der Waals surface area contributed by atoms with Crippen molar-refractivity contribution in [3.8, 4) is 0 Å². The topological polar surface area (TPSA) is 62.0 Å². The van der Waals surface area contributed by atoms with Crippen LogP contribution in [-0.2, 0) is 6.54 Å². The van der Waals surface area contributed by atoms with E-state index in [1.165, 1.54) is 0 Å². The van der Waals surface area contributed by atoms with Crippen molar-refractivity contribution in [2.45, 2.75) is 13.5 Å². The molecule has 0 atom stereocenters. The molecule has 0 radical (unpaired) electrons. The molecule has 0 aliphatic heterocycles. The highest BCUT2D eigenvalue weighted by Crippen LogP contribution is 2.17. The van der Waals surface area contributed by atoms with E-state index < -0.39 is 5.56 Å². The number of hydrogen-bond acceptors (Lipinski definition) is 3. The van der Waals surface area contributed by atoms with Crippen molar-refractivity contribution in [3.63, 3.8) is 0 Å². The number of aromatic amines is 1. The number of benzene rings is 1. The first-order chi connectivity index (χ1) is 8.99. The first-order valence-corrected chi connectivity index (χ1v) is 7.38. The van der Waals surface area contributed by atoms with Gasteiger partial charge in [0.2, 0.25) is 0 Å². The SMILES string of the molecule is Cc1cc(Br)ccc1CNC(=O)c1s[nH]c(=O)c1Cl. The van der Waals surface area contributed by atoms with E-state index in [1.54, 1.807) is 0 Å². The van der Waals surface area contributed by atoms with Crippen molar-refractivity contribution in [3.05, 3.63) is 54.1 Å². The molecule has 0 bridgehead atoms. The van der Waals surface area contributed by atoms with Crippen LogP contribution in [0.3, 0.4) is 0 Å². The number of carbonyl (C=O) groups excluding carboxylic acids is 1. The Morgan fingerprint density at radius 3 is 2.84 bits per heavy atom. The molecule has 1 aromatic carbocycles. The van der Waals surface area contributed by atoms with Gasteiger partial charge in [-0.1, -0.05) is 45.1 Å². The zero-order chi connectivity index (χ0) is 14.0. The van der Waals surface area contributed by atoms with E-state index in [1.807, 2.05) is 25.1 Å². The number of carbonyl (C=O) groups is 1. The van der Waals surface area contributed by atoms with Crippen molar-refractivity contribution >= 4 is 45.0 Å². The maximum absolute atomic E-state index is 11.9. The van der Waals surface area contributed by atoms with Gasteiger partial charge < -0.3 is 5.32 Å². The molecule has 0 saturated carbocycles. The van der Waals surface area contributed by atoms with Crippen LogP contribution in [-0.4, -0.2) is 10.3 Å². The Morgan fingerprint density at radius 2 is 2.26 bits per heavy atom. The highest BCUT2D eigenvalue weighted by atomic mass is 79.9. The normalized spacial score (nSPS) is 10.5. The Bertz CT molecular complexity index is 681. The lowest BCUT2D eigenvalue weighted by molar-refractivity contribution is 0.0955. The number of amides is 1. The molecule has 1 amide bonds. The highest BCUT2D eigenvalue weighted by molar-refractivity contribution is 9.10. The Kier molecular flexibility index (Phi) is 4.44. The first kappa shape index (κ1) is 14.3. The molecule has 0 aliphatic rings. The molecule has 7 heteroatoms. The number of aryl methyl sites for hydroxylation is 1. The van der Waals surface area contributed by atoms with Gasteiger partial charge in [0, 0.05) is 11.0 Å². The van der Waals surface area contributed by atoms with Gasteiger partial charge in [-0.05, 0) is 30.2 Å². The maximum atomic E-state index is 11.9. The van der Waals surface area contributed by atoms with Crippen LogP contribution in [0.2, 0.25) is 5.02 Å². The van der Waals surface area contributed by atoms with Gasteiger partial charge in [-0.3, -0.25) is 14.0 Å². The Labute approximate surface area is 127 Å². The zero-order valence-corrected chi connectivity index (χ0v) is 13.1. The average Bonchev–Trinajstić information content (AvgIpc) is 2.69. The Balaban J connectivity index is 2.08. The van der Waals surface area contributed by atoms with Crippen molar-refractivity contribution in [2.24, 2.45) is 0 Å². The fourth-order valence-electron chi connectivity index (χ4n) is 1.55. The predicted octanol–water partition coefficient (Wildman–Crippen LogP) is 3.09. The summed E-state index contributed by atoms with van der Waals surface area (Å²) in [5.41, 5.74) is 1.65. The standard InChI is InChI=1S/C12H10BrClN2O2S/c1-6-4-8(13)3-2-7(6)5-15-12(18)10-9(14)11(17)16-19-10/h2-4H,5H2,1H3,(H,15,18)(H,16,17). The smallest absolute Gasteiger partial charge is 0.277 e. The fourth-order valence-corrected chi connectivity index (χ4v) is 2.97. The van der Waals surface area contributed by atoms with Crippen LogP contribution in [0.4, 0.5) is 0 Å². The second-order valence-electron chi connectivity index (χ2n) is 3.93. The van der Waals surface area contributed by atoms with E-state index in [0.717, 1.165) is 27.1 Å². The maximum Gasteiger partial charge on any atom is 0.277 e. The van der Waals surface area contributed by atoms with Gasteiger partial charge in [-0.15, -0.1) is 0 Å². The van der Waals surface area contributed by atoms with Gasteiger partial charge in [-0.25, -0.2) is 0 Å². The summed E-state index contributed by atoms with van der Waals surface area (Å²) in [4.78, 5) is 23.2. The predicted molar refractivity (Wildman–Crippen MR) is 80.0 cm³/mol. The molecule has 0 saturated heterocycles. The second-order valence-corrected chi connectivity index (χ2v) is 6.04. The zero-order valence-electron chi connectivity index (χ0n) is 9.92. The molecular formula is C12H10BrClN2O2S. The average molecular weight is 362 g/mol. The van der Waals surface area contributed by atoms with Crippen LogP contribution < -0.4 is 10.9 Å². The van der Waals surface area contributed by atoms with Gasteiger partial charge in [0.25, 0.3) is 11.5 Å². The number of hydrogen-bond donors (Lipinski definition) is 2. The van der Waals surface area contributed by atoms with Crippen LogP contribution >= 0.6 is 39.1 Å². The summed E-state index contributed by atoms with van der Waals surface area (Å²) in [6, 6.07) is 5.82. The van der Waals surface area contributed by atoms with Crippen molar-refractivity contribution in [1.29, 1.82) is 0 Å². The molecule has 0 aliphatic carbocycles. The molecule has 1 heterocycles. The third-order valence-corrected chi connectivity index (χ3v) is 4.44. The van der Waals surface area contributed by atoms with Crippen LogP contribution in [0, 0.1) is 6.92 Å². The van der Waals surface area contributed by atoms with E-state index in [-0.39, 0.29) is 15.8 Å². The summed E-state index contributed by atoms with van der Waals surface area (Å²) >= 11 is 10.1.